The molecule has 0 radical (unpaired) electrons. The Morgan fingerprint density at radius 2 is 1.88 bits per heavy atom. The van der Waals surface area contributed by atoms with Gasteiger partial charge in [-0.2, -0.15) is 0 Å². The molecule has 0 unspecified atom stereocenters. The number of benzene rings is 1. The SMILES string of the molecule is CCC[C@H](NC(=O)[C@@H]1C[C@]2(C=C(c3cccc(Cl)c3)NO2)CN1C(=O)[C@@H](NC(=O)Cn1ccc2ncccc21)C(C)(C)C)C(=O)C(=O)NC1CC1. The van der Waals surface area contributed by atoms with Gasteiger partial charge in [0.15, 0.2) is 0 Å². The summed E-state index contributed by atoms with van der Waals surface area (Å²) in [5.74, 6) is -2.92. The topological polar surface area (TPSA) is 164 Å². The number of hydrogen-bond donors (Lipinski definition) is 4. The third kappa shape index (κ3) is 8.10. The van der Waals surface area contributed by atoms with Crippen molar-refractivity contribution in [3.05, 3.63) is 71.5 Å². The highest BCUT2D eigenvalue weighted by Gasteiger charge is 2.54. The summed E-state index contributed by atoms with van der Waals surface area (Å²) >= 11 is 6.25. The standard InChI is InChI=1S/C37H44ClN7O6/c1-5-8-26(31(47)34(49)40-24-12-13-24)41-33(48)29-19-37(18-27(43-51-37)22-9-6-10-23(38)17-22)21-45(29)35(50)32(36(2,3)4)42-30(46)20-44-16-14-25-28(44)11-7-15-39-25/h6-7,9-11,14-18,24,26,29,32,43H,5,8,12-13,19-21H2,1-4H3,(H,40,49)(H,41,48)(H,42,46)/t26-,29-,32+,37+/m0/s1. The van der Waals surface area contributed by atoms with Crippen LogP contribution in [-0.4, -0.2) is 80.2 Å². The molecule has 270 valence electrons. The van der Waals surface area contributed by atoms with Crippen molar-refractivity contribution in [1.82, 2.24) is 35.9 Å². The van der Waals surface area contributed by atoms with E-state index in [1.165, 1.54) is 4.90 Å². The second-order valence-electron chi connectivity index (χ2n) is 14.7. The van der Waals surface area contributed by atoms with Crippen LogP contribution in [0.4, 0.5) is 0 Å². The monoisotopic (exact) mass is 717 g/mol. The molecule has 6 rings (SSSR count). The number of amides is 4. The Morgan fingerprint density at radius 3 is 2.59 bits per heavy atom. The molecule has 13 nitrogen and oxygen atoms in total. The smallest absolute Gasteiger partial charge is 0.289 e. The van der Waals surface area contributed by atoms with E-state index in [0.717, 1.165) is 29.4 Å². The summed E-state index contributed by atoms with van der Waals surface area (Å²) in [4.78, 5) is 80.1. The fourth-order valence-electron chi connectivity index (χ4n) is 6.62. The lowest BCUT2D eigenvalue weighted by atomic mass is 9.85. The van der Waals surface area contributed by atoms with Gasteiger partial charge in [0.05, 0.1) is 29.3 Å². The summed E-state index contributed by atoms with van der Waals surface area (Å²) in [6.07, 6.45) is 7.74. The minimum Gasteiger partial charge on any atom is -0.347 e. The molecule has 1 spiro atoms. The second-order valence-corrected chi connectivity index (χ2v) is 15.1. The molecule has 14 heteroatoms. The Bertz CT molecular complexity index is 1880. The van der Waals surface area contributed by atoms with E-state index in [2.05, 4.69) is 26.4 Å². The van der Waals surface area contributed by atoms with Gasteiger partial charge in [-0.3, -0.25) is 39.3 Å². The Morgan fingerprint density at radius 1 is 1.10 bits per heavy atom. The molecule has 1 aromatic carbocycles. The van der Waals surface area contributed by atoms with Crippen LogP contribution < -0.4 is 21.4 Å². The molecule has 4 amide bonds. The molecule has 0 bridgehead atoms. The van der Waals surface area contributed by atoms with Crippen molar-refractivity contribution in [2.24, 2.45) is 5.41 Å². The van der Waals surface area contributed by atoms with Gasteiger partial charge in [0.1, 0.15) is 24.2 Å². The number of carbonyl (C=O) groups is 5. The molecular formula is C37H44ClN7O6. The van der Waals surface area contributed by atoms with Crippen LogP contribution in [0.1, 0.15) is 65.4 Å². The van der Waals surface area contributed by atoms with Gasteiger partial charge in [0.2, 0.25) is 23.5 Å². The number of pyridine rings is 1. The molecule has 1 saturated carbocycles. The van der Waals surface area contributed by atoms with E-state index in [4.69, 9.17) is 16.4 Å². The van der Waals surface area contributed by atoms with Gasteiger partial charge < -0.3 is 25.4 Å². The average Bonchev–Trinajstić information content (AvgIpc) is 3.49. The first kappa shape index (κ1) is 36.1. The zero-order chi connectivity index (χ0) is 36.5. The average molecular weight is 718 g/mol. The lowest BCUT2D eigenvalue weighted by Crippen LogP contribution is -2.59. The quantitative estimate of drug-likeness (QED) is 0.208. The molecule has 4 atom stereocenters. The van der Waals surface area contributed by atoms with Crippen LogP contribution in [0.5, 0.6) is 0 Å². The first-order valence-corrected chi connectivity index (χ1v) is 17.7. The van der Waals surface area contributed by atoms with Crippen LogP contribution in [0.25, 0.3) is 16.7 Å². The minimum atomic E-state index is -1.12. The van der Waals surface area contributed by atoms with Gasteiger partial charge >= 0.3 is 0 Å². The van der Waals surface area contributed by atoms with E-state index in [-0.39, 0.29) is 32.0 Å². The van der Waals surface area contributed by atoms with Crippen molar-refractivity contribution in [1.29, 1.82) is 0 Å². The maximum Gasteiger partial charge on any atom is 0.289 e. The van der Waals surface area contributed by atoms with E-state index in [1.807, 2.05) is 52.0 Å². The number of rotatable bonds is 12. The highest BCUT2D eigenvalue weighted by atomic mass is 35.5. The number of nitrogens with one attached hydrogen (secondary N) is 4. The molecule has 51 heavy (non-hydrogen) atoms. The van der Waals surface area contributed by atoms with E-state index in [0.29, 0.717) is 17.1 Å². The molecular weight excluding hydrogens is 674 g/mol. The predicted molar refractivity (Wildman–Crippen MR) is 191 cm³/mol. The van der Waals surface area contributed by atoms with Crippen LogP contribution >= 0.6 is 11.6 Å². The maximum atomic E-state index is 14.6. The Hall–Kier alpha value is -4.75. The molecule has 4 N–H and O–H groups in total. The van der Waals surface area contributed by atoms with Gasteiger partial charge in [-0.25, -0.2) is 0 Å². The number of likely N-dealkylation sites (tertiary alicyclic amines) is 1. The van der Waals surface area contributed by atoms with E-state index >= 15 is 0 Å². The summed E-state index contributed by atoms with van der Waals surface area (Å²) in [6, 6.07) is 9.45. The lowest BCUT2D eigenvalue weighted by molar-refractivity contribution is -0.145. The summed E-state index contributed by atoms with van der Waals surface area (Å²) in [5, 5.41) is 8.96. The van der Waals surface area contributed by atoms with Crippen LogP contribution in [0.2, 0.25) is 5.02 Å². The molecule has 2 fully saturated rings. The number of carbonyl (C=O) groups excluding carboxylic acids is 5. The minimum absolute atomic E-state index is 0.0211. The Kier molecular flexibility index (Phi) is 10.2. The molecule has 1 saturated heterocycles. The van der Waals surface area contributed by atoms with Gasteiger partial charge in [0, 0.05) is 35.4 Å². The highest BCUT2D eigenvalue weighted by Crippen LogP contribution is 2.39. The summed E-state index contributed by atoms with van der Waals surface area (Å²) in [5.41, 5.74) is 3.97. The largest absolute Gasteiger partial charge is 0.347 e. The highest BCUT2D eigenvalue weighted by molar-refractivity contribution is 6.38. The van der Waals surface area contributed by atoms with Gasteiger partial charge in [-0.05, 0) is 61.1 Å². The van der Waals surface area contributed by atoms with Crippen molar-refractivity contribution in [3.8, 4) is 0 Å². The van der Waals surface area contributed by atoms with Gasteiger partial charge in [-0.1, -0.05) is 57.8 Å². The van der Waals surface area contributed by atoms with Crippen LogP contribution in [0.15, 0.2) is 60.9 Å². The first-order valence-electron chi connectivity index (χ1n) is 17.3. The molecule has 3 aliphatic rings. The summed E-state index contributed by atoms with van der Waals surface area (Å²) in [7, 11) is 0. The van der Waals surface area contributed by atoms with Crippen molar-refractivity contribution in [3.63, 3.8) is 0 Å². The molecule has 2 aromatic heterocycles. The van der Waals surface area contributed by atoms with Crippen molar-refractivity contribution < 1.29 is 28.8 Å². The number of ketones is 1. The van der Waals surface area contributed by atoms with E-state index in [9.17, 15) is 24.0 Å². The number of hydroxylamine groups is 1. The normalized spacial score (nSPS) is 21.2. The third-order valence-electron chi connectivity index (χ3n) is 9.46. The number of hydrogen-bond acceptors (Lipinski definition) is 8. The second kappa shape index (κ2) is 14.5. The maximum absolute atomic E-state index is 14.6. The number of aromatic nitrogens is 2. The third-order valence-corrected chi connectivity index (χ3v) is 9.70. The van der Waals surface area contributed by atoms with Crippen LogP contribution in [0.3, 0.4) is 0 Å². The lowest BCUT2D eigenvalue weighted by Gasteiger charge is -2.35. The van der Waals surface area contributed by atoms with Crippen LogP contribution in [0, 0.1) is 5.41 Å². The van der Waals surface area contributed by atoms with E-state index < -0.39 is 58.6 Å². The summed E-state index contributed by atoms with van der Waals surface area (Å²) in [6.45, 7) is 7.30. The van der Waals surface area contributed by atoms with Crippen molar-refractivity contribution in [2.45, 2.75) is 96.1 Å². The number of Topliss-reactive ketones (excluding diaryl/α,β-unsaturated/α-hetero) is 1. The molecule has 2 aliphatic heterocycles. The van der Waals surface area contributed by atoms with Crippen molar-refractivity contribution in [2.75, 3.05) is 6.54 Å². The zero-order valence-electron chi connectivity index (χ0n) is 29.2. The predicted octanol–water partition coefficient (Wildman–Crippen LogP) is 3.27. The van der Waals surface area contributed by atoms with Crippen LogP contribution in [-0.2, 0) is 35.4 Å². The number of fused-ring (bicyclic) bond motifs is 1. The molecule has 3 aromatic rings. The Balaban J connectivity index is 1.27. The number of halogens is 1. The fraction of sp³-hybridized carbons (Fsp3) is 0.459. The Labute approximate surface area is 301 Å². The zero-order valence-corrected chi connectivity index (χ0v) is 30.0. The van der Waals surface area contributed by atoms with Gasteiger partial charge in [-0.15, -0.1) is 0 Å². The summed E-state index contributed by atoms with van der Waals surface area (Å²) < 4.78 is 1.76. The first-order chi connectivity index (χ1) is 24.3. The number of nitrogens with zero attached hydrogens (tertiary/aromatic N) is 3. The fourth-order valence-corrected chi connectivity index (χ4v) is 6.81. The van der Waals surface area contributed by atoms with Crippen molar-refractivity contribution >= 4 is 57.7 Å². The molecule has 1 aliphatic carbocycles. The van der Waals surface area contributed by atoms with E-state index in [1.54, 1.807) is 41.2 Å². The molecule has 4 heterocycles. The van der Waals surface area contributed by atoms with Gasteiger partial charge in [0.25, 0.3) is 5.91 Å².